The summed E-state index contributed by atoms with van der Waals surface area (Å²) in [7, 11) is 0. The highest BCUT2D eigenvalue weighted by Crippen LogP contribution is 2.43. The fourth-order valence-electron chi connectivity index (χ4n) is 3.27. The molecule has 0 bridgehead atoms. The zero-order chi connectivity index (χ0) is 12.5. The van der Waals surface area contributed by atoms with Gasteiger partial charge in [0, 0.05) is 12.0 Å². The molecule has 0 saturated heterocycles. The van der Waals surface area contributed by atoms with E-state index in [1.54, 1.807) is 0 Å². The third kappa shape index (κ3) is 1.85. The van der Waals surface area contributed by atoms with E-state index in [0.29, 0.717) is 11.8 Å². The molecule has 0 aliphatic heterocycles. The molecular weight excluding hydrogens is 218 g/mol. The lowest BCUT2D eigenvalue weighted by Crippen LogP contribution is -2.27. The lowest BCUT2D eigenvalue weighted by molar-refractivity contribution is 0.397. The maximum absolute atomic E-state index is 6.28. The van der Waals surface area contributed by atoms with E-state index in [1.807, 2.05) is 0 Å². The second-order valence-corrected chi connectivity index (χ2v) is 5.34. The number of hydrogen-bond acceptors (Lipinski definition) is 1. The molecule has 0 radical (unpaired) electrons. The molecule has 1 aliphatic rings. The van der Waals surface area contributed by atoms with E-state index in [0.717, 1.165) is 6.42 Å². The molecule has 1 heteroatoms. The first-order chi connectivity index (χ1) is 8.77. The van der Waals surface area contributed by atoms with Crippen LogP contribution in [0.3, 0.4) is 0 Å². The van der Waals surface area contributed by atoms with Crippen LogP contribution in [-0.4, -0.2) is 0 Å². The highest BCUT2D eigenvalue weighted by Gasteiger charge is 2.31. The molecule has 0 fully saturated rings. The molecule has 2 aromatic rings. The summed E-state index contributed by atoms with van der Waals surface area (Å²) < 4.78 is 0. The second-order valence-electron chi connectivity index (χ2n) is 5.34. The summed E-state index contributed by atoms with van der Waals surface area (Å²) >= 11 is 0. The Morgan fingerprint density at radius 3 is 2.22 bits per heavy atom. The van der Waals surface area contributed by atoms with E-state index in [4.69, 9.17) is 5.73 Å². The fourth-order valence-corrected chi connectivity index (χ4v) is 3.27. The van der Waals surface area contributed by atoms with Gasteiger partial charge in [-0.2, -0.15) is 0 Å². The first-order valence-corrected chi connectivity index (χ1v) is 6.66. The molecule has 3 unspecified atom stereocenters. The van der Waals surface area contributed by atoms with Crippen molar-refractivity contribution in [2.75, 3.05) is 0 Å². The minimum atomic E-state index is 0.191. The van der Waals surface area contributed by atoms with Gasteiger partial charge in [-0.25, -0.2) is 0 Å². The Morgan fingerprint density at radius 1 is 0.889 bits per heavy atom. The van der Waals surface area contributed by atoms with Gasteiger partial charge in [0.25, 0.3) is 0 Å². The standard InChI is InChI=1S/C17H19N/c1-12-11-16(18)14-9-5-6-10-15(14)17(12)13-7-3-2-4-8-13/h2-10,12,16-17H,11,18H2,1H3. The highest BCUT2D eigenvalue weighted by molar-refractivity contribution is 5.42. The van der Waals surface area contributed by atoms with Crippen LogP contribution in [-0.2, 0) is 0 Å². The minimum Gasteiger partial charge on any atom is -0.324 e. The van der Waals surface area contributed by atoms with E-state index in [9.17, 15) is 0 Å². The Kier molecular flexibility index (Phi) is 2.92. The van der Waals surface area contributed by atoms with Gasteiger partial charge in [-0.3, -0.25) is 0 Å². The zero-order valence-corrected chi connectivity index (χ0v) is 10.7. The van der Waals surface area contributed by atoms with Gasteiger partial charge in [0.15, 0.2) is 0 Å². The molecule has 0 aromatic heterocycles. The zero-order valence-electron chi connectivity index (χ0n) is 10.7. The van der Waals surface area contributed by atoms with E-state index in [2.05, 4.69) is 61.5 Å². The van der Waals surface area contributed by atoms with Gasteiger partial charge >= 0.3 is 0 Å². The van der Waals surface area contributed by atoms with Crippen molar-refractivity contribution in [3.63, 3.8) is 0 Å². The van der Waals surface area contributed by atoms with Crippen molar-refractivity contribution in [3.05, 3.63) is 71.3 Å². The van der Waals surface area contributed by atoms with Crippen LogP contribution in [0.1, 0.15) is 42.0 Å². The van der Waals surface area contributed by atoms with Gasteiger partial charge in [-0.05, 0) is 29.0 Å². The Morgan fingerprint density at radius 2 is 1.50 bits per heavy atom. The predicted molar refractivity (Wildman–Crippen MR) is 75.4 cm³/mol. The molecule has 0 heterocycles. The Bertz CT molecular complexity index is 532. The third-order valence-corrected chi connectivity index (χ3v) is 4.08. The van der Waals surface area contributed by atoms with Crippen LogP contribution < -0.4 is 5.73 Å². The second kappa shape index (κ2) is 4.58. The molecular formula is C17H19N. The average Bonchev–Trinajstić information content (AvgIpc) is 2.40. The largest absolute Gasteiger partial charge is 0.324 e. The van der Waals surface area contributed by atoms with Gasteiger partial charge in [-0.1, -0.05) is 61.5 Å². The Labute approximate surface area is 109 Å². The summed E-state index contributed by atoms with van der Waals surface area (Å²) in [5.41, 5.74) is 10.4. The number of hydrogen-bond donors (Lipinski definition) is 1. The molecule has 0 saturated carbocycles. The van der Waals surface area contributed by atoms with E-state index < -0.39 is 0 Å². The van der Waals surface area contributed by atoms with Crippen LogP contribution in [0.2, 0.25) is 0 Å². The maximum atomic E-state index is 6.28. The van der Waals surface area contributed by atoms with Crippen LogP contribution in [0.4, 0.5) is 0 Å². The molecule has 3 rings (SSSR count). The van der Waals surface area contributed by atoms with Crippen LogP contribution in [0, 0.1) is 5.92 Å². The molecule has 2 aromatic carbocycles. The molecule has 1 nitrogen and oxygen atoms in total. The smallest absolute Gasteiger partial charge is 0.0300 e. The van der Waals surface area contributed by atoms with Crippen molar-refractivity contribution in [1.29, 1.82) is 0 Å². The van der Waals surface area contributed by atoms with Gasteiger partial charge in [0.1, 0.15) is 0 Å². The highest BCUT2D eigenvalue weighted by atomic mass is 14.6. The van der Waals surface area contributed by atoms with E-state index in [-0.39, 0.29) is 6.04 Å². The molecule has 92 valence electrons. The fraction of sp³-hybridized carbons (Fsp3) is 0.294. The van der Waals surface area contributed by atoms with Gasteiger partial charge < -0.3 is 5.73 Å². The number of rotatable bonds is 1. The van der Waals surface area contributed by atoms with Crippen LogP contribution in [0.15, 0.2) is 54.6 Å². The molecule has 1 aliphatic carbocycles. The van der Waals surface area contributed by atoms with Crippen LogP contribution >= 0.6 is 0 Å². The quantitative estimate of drug-likeness (QED) is 0.800. The maximum Gasteiger partial charge on any atom is 0.0300 e. The summed E-state index contributed by atoms with van der Waals surface area (Å²) in [5.74, 6) is 1.08. The number of nitrogens with two attached hydrogens (primary N) is 1. The molecule has 0 amide bonds. The topological polar surface area (TPSA) is 26.0 Å². The van der Waals surface area contributed by atoms with Crippen molar-refractivity contribution >= 4 is 0 Å². The SMILES string of the molecule is CC1CC(N)c2ccccc2C1c1ccccc1. The van der Waals surface area contributed by atoms with Crippen LogP contribution in [0.25, 0.3) is 0 Å². The van der Waals surface area contributed by atoms with Gasteiger partial charge in [0.05, 0.1) is 0 Å². The molecule has 0 spiro atoms. The van der Waals surface area contributed by atoms with Gasteiger partial charge in [0.2, 0.25) is 0 Å². The molecule has 3 atom stereocenters. The summed E-state index contributed by atoms with van der Waals surface area (Å²) in [6.45, 7) is 2.31. The summed E-state index contributed by atoms with van der Waals surface area (Å²) in [6, 6.07) is 19.6. The lowest BCUT2D eigenvalue weighted by Gasteiger charge is -2.35. The normalized spacial score (nSPS) is 26.7. The first-order valence-electron chi connectivity index (χ1n) is 6.66. The van der Waals surface area contributed by atoms with E-state index in [1.165, 1.54) is 16.7 Å². The Balaban J connectivity index is 2.12. The monoisotopic (exact) mass is 237 g/mol. The number of fused-ring (bicyclic) bond motifs is 1. The predicted octanol–water partition coefficient (Wildman–Crippen LogP) is 3.86. The minimum absolute atomic E-state index is 0.191. The Hall–Kier alpha value is -1.60. The third-order valence-electron chi connectivity index (χ3n) is 4.08. The van der Waals surface area contributed by atoms with Crippen molar-refractivity contribution in [1.82, 2.24) is 0 Å². The van der Waals surface area contributed by atoms with Crippen LogP contribution in [0.5, 0.6) is 0 Å². The van der Waals surface area contributed by atoms with Crippen molar-refractivity contribution in [2.24, 2.45) is 11.7 Å². The number of benzene rings is 2. The summed E-state index contributed by atoms with van der Waals surface area (Å²) in [5, 5.41) is 0. The molecule has 2 N–H and O–H groups in total. The van der Waals surface area contributed by atoms with Crippen molar-refractivity contribution in [3.8, 4) is 0 Å². The molecule has 18 heavy (non-hydrogen) atoms. The summed E-state index contributed by atoms with van der Waals surface area (Å²) in [4.78, 5) is 0. The average molecular weight is 237 g/mol. The lowest BCUT2D eigenvalue weighted by atomic mass is 9.71. The first kappa shape index (κ1) is 11.5. The van der Waals surface area contributed by atoms with E-state index >= 15 is 0 Å². The van der Waals surface area contributed by atoms with Crippen molar-refractivity contribution in [2.45, 2.75) is 25.3 Å². The summed E-state index contributed by atoms with van der Waals surface area (Å²) in [6.07, 6.45) is 1.07. The van der Waals surface area contributed by atoms with Crippen molar-refractivity contribution < 1.29 is 0 Å². The van der Waals surface area contributed by atoms with Gasteiger partial charge in [-0.15, -0.1) is 0 Å².